The summed E-state index contributed by atoms with van der Waals surface area (Å²) in [4.78, 5) is 18.6. The largest absolute Gasteiger partial charge is 0.393 e. The Hall–Kier alpha value is -0.360. The molecule has 15 heavy (non-hydrogen) atoms. The second-order valence-corrected chi connectivity index (χ2v) is 6.55. The summed E-state index contributed by atoms with van der Waals surface area (Å²) in [5.41, 5.74) is 5.46. The molecule has 5 nitrogen and oxygen atoms in total. The van der Waals surface area contributed by atoms with Crippen molar-refractivity contribution in [3.63, 3.8) is 0 Å². The molecule has 1 rings (SSSR count). The lowest BCUT2D eigenvalue weighted by atomic mass is 10.4. The zero-order valence-electron chi connectivity index (χ0n) is 7.78. The SMILES string of the molecule is NC(CO)(Sc1ccccc1)P(=O)(O)O. The van der Waals surface area contributed by atoms with Crippen LogP contribution in [0.2, 0.25) is 0 Å². The average molecular weight is 249 g/mol. The average Bonchev–Trinajstić information content (AvgIpc) is 2.17. The van der Waals surface area contributed by atoms with Gasteiger partial charge in [0.1, 0.15) is 0 Å². The molecule has 1 unspecified atom stereocenters. The van der Waals surface area contributed by atoms with E-state index in [0.29, 0.717) is 4.90 Å². The van der Waals surface area contributed by atoms with E-state index in [-0.39, 0.29) is 0 Å². The van der Waals surface area contributed by atoms with E-state index >= 15 is 0 Å². The summed E-state index contributed by atoms with van der Waals surface area (Å²) >= 11 is 0.763. The van der Waals surface area contributed by atoms with E-state index in [1.807, 2.05) is 0 Å². The Labute approximate surface area is 91.5 Å². The minimum Gasteiger partial charge on any atom is -0.393 e. The summed E-state index contributed by atoms with van der Waals surface area (Å²) in [6.45, 7) is -0.795. The molecule has 0 amide bonds. The third-order valence-corrected chi connectivity index (χ3v) is 4.86. The van der Waals surface area contributed by atoms with Crippen LogP contribution in [0.25, 0.3) is 0 Å². The summed E-state index contributed by atoms with van der Waals surface area (Å²) < 4.78 is 9.10. The zero-order chi connectivity index (χ0) is 11.5. The zero-order valence-corrected chi connectivity index (χ0v) is 9.49. The summed E-state index contributed by atoms with van der Waals surface area (Å²) in [5, 5.41) is 8.94. The van der Waals surface area contributed by atoms with E-state index in [1.165, 1.54) is 0 Å². The highest BCUT2D eigenvalue weighted by Gasteiger charge is 2.44. The predicted octanol–water partition coefficient (Wildman–Crippen LogP) is 0.561. The molecule has 7 heteroatoms. The van der Waals surface area contributed by atoms with E-state index in [2.05, 4.69) is 0 Å². The highest BCUT2D eigenvalue weighted by molar-refractivity contribution is 8.06. The minimum atomic E-state index is -4.56. The van der Waals surface area contributed by atoms with Crippen molar-refractivity contribution < 1.29 is 19.5 Å². The first-order chi connectivity index (χ1) is 6.89. The van der Waals surface area contributed by atoms with Gasteiger partial charge in [-0.15, -0.1) is 0 Å². The van der Waals surface area contributed by atoms with Crippen molar-refractivity contribution in [1.29, 1.82) is 0 Å². The Morgan fingerprint density at radius 1 is 1.33 bits per heavy atom. The lowest BCUT2D eigenvalue weighted by Crippen LogP contribution is -2.39. The summed E-state index contributed by atoms with van der Waals surface area (Å²) in [7, 11) is -4.56. The summed E-state index contributed by atoms with van der Waals surface area (Å²) in [6, 6.07) is 8.55. The first-order valence-corrected chi connectivity index (χ1v) is 6.51. The molecule has 0 aliphatic carbocycles. The monoisotopic (exact) mass is 249 g/mol. The predicted molar refractivity (Wildman–Crippen MR) is 58.3 cm³/mol. The van der Waals surface area contributed by atoms with E-state index < -0.39 is 18.8 Å². The molecule has 0 aromatic heterocycles. The summed E-state index contributed by atoms with van der Waals surface area (Å²) in [6.07, 6.45) is 0. The number of aliphatic hydroxyl groups excluding tert-OH is 1. The maximum Gasteiger partial charge on any atom is 0.358 e. The quantitative estimate of drug-likeness (QED) is 0.353. The van der Waals surface area contributed by atoms with Gasteiger partial charge < -0.3 is 20.6 Å². The Bertz CT molecular complexity index is 368. The van der Waals surface area contributed by atoms with Crippen LogP contribution in [0.4, 0.5) is 0 Å². The van der Waals surface area contributed by atoms with Gasteiger partial charge in [0.05, 0.1) is 6.61 Å². The molecule has 0 spiro atoms. The van der Waals surface area contributed by atoms with E-state index in [0.717, 1.165) is 11.8 Å². The van der Waals surface area contributed by atoms with E-state index in [4.69, 9.17) is 20.6 Å². The van der Waals surface area contributed by atoms with Crippen molar-refractivity contribution in [2.45, 2.75) is 9.51 Å². The van der Waals surface area contributed by atoms with Gasteiger partial charge in [-0.1, -0.05) is 30.0 Å². The van der Waals surface area contributed by atoms with Gasteiger partial charge in [-0.2, -0.15) is 0 Å². The van der Waals surface area contributed by atoms with Crippen molar-refractivity contribution in [3.05, 3.63) is 30.3 Å². The van der Waals surface area contributed by atoms with Crippen LogP contribution in [0.15, 0.2) is 35.2 Å². The normalized spacial score (nSPS) is 16.0. The van der Waals surface area contributed by atoms with Crippen molar-refractivity contribution in [2.24, 2.45) is 5.73 Å². The van der Waals surface area contributed by atoms with Crippen LogP contribution < -0.4 is 5.73 Å². The number of hydrogen-bond donors (Lipinski definition) is 4. The molecule has 0 saturated heterocycles. The van der Waals surface area contributed by atoms with Crippen LogP contribution >= 0.6 is 19.4 Å². The molecule has 0 fully saturated rings. The maximum absolute atomic E-state index is 11.1. The third kappa shape index (κ3) is 3.04. The fourth-order valence-electron chi connectivity index (χ4n) is 0.876. The number of rotatable bonds is 4. The lowest BCUT2D eigenvalue weighted by Gasteiger charge is -2.26. The molecule has 0 aliphatic heterocycles. The molecule has 5 N–H and O–H groups in total. The number of aliphatic hydroxyl groups is 1. The van der Waals surface area contributed by atoms with Gasteiger partial charge >= 0.3 is 7.60 Å². The van der Waals surface area contributed by atoms with Crippen LogP contribution in [0, 0.1) is 0 Å². The molecule has 0 aliphatic rings. The number of benzene rings is 1. The van der Waals surface area contributed by atoms with Gasteiger partial charge in [0.2, 0.25) is 0 Å². The fourth-order valence-corrected chi connectivity index (χ4v) is 2.62. The molecule has 0 bridgehead atoms. The maximum atomic E-state index is 11.1. The Morgan fingerprint density at radius 3 is 2.27 bits per heavy atom. The second-order valence-electron chi connectivity index (χ2n) is 2.96. The van der Waals surface area contributed by atoms with E-state index in [1.54, 1.807) is 30.3 Å². The highest BCUT2D eigenvalue weighted by atomic mass is 32.2. The lowest BCUT2D eigenvalue weighted by molar-refractivity contribution is 0.254. The van der Waals surface area contributed by atoms with Crippen LogP contribution in [0.3, 0.4) is 0 Å². The smallest absolute Gasteiger partial charge is 0.358 e. The Kier molecular flexibility index (Phi) is 3.94. The first kappa shape index (κ1) is 12.7. The molecule has 0 saturated carbocycles. The molecule has 1 atom stereocenters. The molecule has 0 heterocycles. The molecular weight excluding hydrogens is 237 g/mol. The fraction of sp³-hybridized carbons (Fsp3) is 0.250. The van der Waals surface area contributed by atoms with E-state index in [9.17, 15) is 4.57 Å². The van der Waals surface area contributed by atoms with Gasteiger partial charge in [-0.05, 0) is 12.1 Å². The van der Waals surface area contributed by atoms with Crippen LogP contribution in [-0.2, 0) is 4.57 Å². The van der Waals surface area contributed by atoms with Crippen molar-refractivity contribution in [3.8, 4) is 0 Å². The first-order valence-electron chi connectivity index (χ1n) is 4.08. The molecular formula is C8H12NO4PS. The second kappa shape index (κ2) is 4.65. The molecule has 84 valence electrons. The van der Waals surface area contributed by atoms with Gasteiger partial charge in [-0.25, -0.2) is 0 Å². The molecule has 0 radical (unpaired) electrons. The van der Waals surface area contributed by atoms with Crippen molar-refractivity contribution >= 4 is 19.4 Å². The Balaban J connectivity index is 2.92. The minimum absolute atomic E-state index is 0.595. The van der Waals surface area contributed by atoms with Gasteiger partial charge in [0, 0.05) is 4.90 Å². The van der Waals surface area contributed by atoms with Gasteiger partial charge in [-0.3, -0.25) is 4.57 Å². The number of nitrogens with two attached hydrogens (primary N) is 1. The highest BCUT2D eigenvalue weighted by Crippen LogP contribution is 2.55. The number of hydrogen-bond acceptors (Lipinski definition) is 4. The summed E-state index contributed by atoms with van der Waals surface area (Å²) in [5.74, 6) is 0. The van der Waals surface area contributed by atoms with Crippen molar-refractivity contribution in [2.75, 3.05) is 6.61 Å². The molecule has 1 aromatic carbocycles. The van der Waals surface area contributed by atoms with Crippen LogP contribution in [0.5, 0.6) is 0 Å². The molecule has 1 aromatic rings. The standard InChI is InChI=1S/C8H12NO4PS/c9-8(6-10,14(11,12)13)15-7-4-2-1-3-5-7/h1-5,10H,6,9H2,(H2,11,12,13). The van der Waals surface area contributed by atoms with Crippen molar-refractivity contribution in [1.82, 2.24) is 0 Å². The topological polar surface area (TPSA) is 104 Å². The van der Waals surface area contributed by atoms with Gasteiger partial charge in [0.15, 0.2) is 4.61 Å². The van der Waals surface area contributed by atoms with Crippen LogP contribution in [0.1, 0.15) is 0 Å². The number of thioether (sulfide) groups is 1. The Morgan fingerprint density at radius 2 is 1.87 bits per heavy atom. The third-order valence-electron chi connectivity index (χ3n) is 1.76. The van der Waals surface area contributed by atoms with Gasteiger partial charge in [0.25, 0.3) is 0 Å². The van der Waals surface area contributed by atoms with Crippen LogP contribution in [-0.4, -0.2) is 26.1 Å².